The zero-order chi connectivity index (χ0) is 8.39. The maximum atomic E-state index is 5.45. The molecule has 2 rings (SSSR count). The minimum atomic E-state index is 0.634. The highest BCUT2D eigenvalue weighted by Gasteiger charge is 2.04. The molecular formula is C8H9N3S. The molecule has 2 aromatic heterocycles. The number of hydrogen-bond acceptors (Lipinski definition) is 4. The monoisotopic (exact) mass is 179 g/mol. The molecule has 0 radical (unpaired) electrons. The predicted molar refractivity (Wildman–Crippen MR) is 50.2 cm³/mol. The van der Waals surface area contributed by atoms with Gasteiger partial charge >= 0.3 is 0 Å². The van der Waals surface area contributed by atoms with Crippen molar-refractivity contribution in [2.45, 2.75) is 6.42 Å². The number of aromatic nitrogens is 2. The van der Waals surface area contributed by atoms with E-state index in [0.29, 0.717) is 6.54 Å². The molecule has 0 aliphatic rings. The Labute approximate surface area is 74.4 Å². The van der Waals surface area contributed by atoms with Gasteiger partial charge in [-0.3, -0.25) is 4.98 Å². The molecular weight excluding hydrogens is 170 g/mol. The van der Waals surface area contributed by atoms with Gasteiger partial charge in [-0.25, -0.2) is 0 Å². The van der Waals surface area contributed by atoms with Gasteiger partial charge in [0.1, 0.15) is 5.52 Å². The molecule has 0 unspecified atom stereocenters. The standard InChI is InChI=1S/C8H9N3S/c9-4-3-6-8-7(12-11-6)2-1-5-10-8/h1-2,5H,3-4,9H2. The highest BCUT2D eigenvalue weighted by atomic mass is 32.1. The topological polar surface area (TPSA) is 51.8 Å². The molecule has 0 aliphatic carbocycles. The summed E-state index contributed by atoms with van der Waals surface area (Å²) >= 11 is 1.49. The van der Waals surface area contributed by atoms with E-state index in [4.69, 9.17) is 5.73 Å². The second kappa shape index (κ2) is 3.16. The smallest absolute Gasteiger partial charge is 0.104 e. The van der Waals surface area contributed by atoms with Crippen molar-refractivity contribution < 1.29 is 0 Å². The van der Waals surface area contributed by atoms with Gasteiger partial charge in [0.2, 0.25) is 0 Å². The minimum Gasteiger partial charge on any atom is -0.330 e. The van der Waals surface area contributed by atoms with E-state index in [0.717, 1.165) is 22.3 Å². The van der Waals surface area contributed by atoms with Crippen molar-refractivity contribution in [3.05, 3.63) is 24.0 Å². The Morgan fingerprint density at radius 1 is 1.50 bits per heavy atom. The maximum Gasteiger partial charge on any atom is 0.104 e. The molecule has 3 nitrogen and oxygen atoms in total. The normalized spacial score (nSPS) is 10.8. The first-order valence-corrected chi connectivity index (χ1v) is 4.58. The molecule has 4 heteroatoms. The van der Waals surface area contributed by atoms with E-state index in [9.17, 15) is 0 Å². The second-order valence-corrected chi connectivity index (χ2v) is 3.32. The van der Waals surface area contributed by atoms with Crippen LogP contribution in [0, 0.1) is 0 Å². The van der Waals surface area contributed by atoms with Crippen molar-refractivity contribution in [3.63, 3.8) is 0 Å². The third kappa shape index (κ3) is 1.19. The second-order valence-electron chi connectivity index (χ2n) is 2.52. The lowest BCUT2D eigenvalue weighted by atomic mass is 10.2. The zero-order valence-electron chi connectivity index (χ0n) is 6.53. The number of pyridine rings is 1. The van der Waals surface area contributed by atoms with E-state index >= 15 is 0 Å². The van der Waals surface area contributed by atoms with Gasteiger partial charge in [0.25, 0.3) is 0 Å². The molecule has 2 N–H and O–H groups in total. The Hall–Kier alpha value is -1.00. The SMILES string of the molecule is NCCc1nsc2cccnc12. The fourth-order valence-corrected chi connectivity index (χ4v) is 1.91. The third-order valence-corrected chi connectivity index (χ3v) is 2.52. The largest absolute Gasteiger partial charge is 0.330 e. The van der Waals surface area contributed by atoms with E-state index in [-0.39, 0.29) is 0 Å². The number of hydrogen-bond donors (Lipinski definition) is 1. The summed E-state index contributed by atoms with van der Waals surface area (Å²) in [6, 6.07) is 3.95. The van der Waals surface area contributed by atoms with Crippen molar-refractivity contribution >= 4 is 21.7 Å². The average Bonchev–Trinajstić information content (AvgIpc) is 2.50. The van der Waals surface area contributed by atoms with Gasteiger partial charge in [0.15, 0.2) is 0 Å². The summed E-state index contributed by atoms with van der Waals surface area (Å²) in [5.74, 6) is 0. The quantitative estimate of drug-likeness (QED) is 0.753. The Bertz CT molecular complexity index is 382. The summed E-state index contributed by atoms with van der Waals surface area (Å²) in [4.78, 5) is 4.25. The molecule has 2 aromatic rings. The number of nitrogens with two attached hydrogens (primary N) is 1. The molecule has 12 heavy (non-hydrogen) atoms. The third-order valence-electron chi connectivity index (χ3n) is 1.68. The van der Waals surface area contributed by atoms with Crippen molar-refractivity contribution in [3.8, 4) is 0 Å². The lowest BCUT2D eigenvalue weighted by Gasteiger charge is -1.91. The van der Waals surface area contributed by atoms with Gasteiger partial charge < -0.3 is 5.73 Å². The Kier molecular flexibility index (Phi) is 2.01. The fourth-order valence-electron chi connectivity index (χ4n) is 1.13. The first kappa shape index (κ1) is 7.64. The highest BCUT2D eigenvalue weighted by Crippen LogP contribution is 2.19. The molecule has 2 heterocycles. The lowest BCUT2D eigenvalue weighted by molar-refractivity contribution is 0.949. The van der Waals surface area contributed by atoms with Crippen LogP contribution < -0.4 is 5.73 Å². The number of nitrogens with zero attached hydrogens (tertiary/aromatic N) is 2. The number of rotatable bonds is 2. The van der Waals surface area contributed by atoms with Gasteiger partial charge in [-0.05, 0) is 30.2 Å². The molecule has 0 spiro atoms. The van der Waals surface area contributed by atoms with Crippen LogP contribution in [0.4, 0.5) is 0 Å². The molecule has 0 saturated carbocycles. The van der Waals surface area contributed by atoms with Crippen molar-refractivity contribution in [2.75, 3.05) is 6.54 Å². The van der Waals surface area contributed by atoms with E-state index in [1.807, 2.05) is 12.1 Å². The van der Waals surface area contributed by atoms with Gasteiger partial charge in [-0.1, -0.05) is 0 Å². The highest BCUT2D eigenvalue weighted by molar-refractivity contribution is 7.13. The van der Waals surface area contributed by atoms with Crippen LogP contribution in [0.5, 0.6) is 0 Å². The summed E-state index contributed by atoms with van der Waals surface area (Å²) in [5.41, 5.74) is 7.48. The number of fused-ring (bicyclic) bond motifs is 1. The molecule has 0 aliphatic heterocycles. The van der Waals surface area contributed by atoms with Crippen LogP contribution in [0.15, 0.2) is 18.3 Å². The summed E-state index contributed by atoms with van der Waals surface area (Å²) in [6.07, 6.45) is 2.60. The van der Waals surface area contributed by atoms with Gasteiger partial charge in [0, 0.05) is 12.6 Å². The summed E-state index contributed by atoms with van der Waals surface area (Å²) in [5, 5.41) is 0. The van der Waals surface area contributed by atoms with Crippen molar-refractivity contribution in [1.29, 1.82) is 0 Å². The molecule has 0 aromatic carbocycles. The molecule has 0 amide bonds. The summed E-state index contributed by atoms with van der Waals surface area (Å²) in [7, 11) is 0. The fraction of sp³-hybridized carbons (Fsp3) is 0.250. The van der Waals surface area contributed by atoms with Crippen LogP contribution in [0.25, 0.3) is 10.2 Å². The van der Waals surface area contributed by atoms with Gasteiger partial charge in [-0.2, -0.15) is 4.37 Å². The first-order valence-electron chi connectivity index (χ1n) is 3.81. The molecule has 0 fully saturated rings. The van der Waals surface area contributed by atoms with E-state index < -0.39 is 0 Å². The van der Waals surface area contributed by atoms with Crippen molar-refractivity contribution in [2.24, 2.45) is 5.73 Å². The van der Waals surface area contributed by atoms with Crippen LogP contribution in [-0.2, 0) is 6.42 Å². The van der Waals surface area contributed by atoms with Gasteiger partial charge in [0.05, 0.1) is 10.4 Å². The van der Waals surface area contributed by atoms with E-state index in [1.54, 1.807) is 6.20 Å². The first-order chi connectivity index (χ1) is 5.92. The molecule has 0 atom stereocenters. The molecule has 0 bridgehead atoms. The summed E-state index contributed by atoms with van der Waals surface area (Å²) in [6.45, 7) is 0.634. The Morgan fingerprint density at radius 3 is 3.25 bits per heavy atom. The van der Waals surface area contributed by atoms with Crippen molar-refractivity contribution in [1.82, 2.24) is 9.36 Å². The van der Waals surface area contributed by atoms with Crippen LogP contribution in [0.3, 0.4) is 0 Å². The zero-order valence-corrected chi connectivity index (χ0v) is 7.34. The van der Waals surface area contributed by atoms with Crippen LogP contribution in [-0.4, -0.2) is 15.9 Å². The van der Waals surface area contributed by atoms with E-state index in [2.05, 4.69) is 9.36 Å². The van der Waals surface area contributed by atoms with Crippen LogP contribution in [0.1, 0.15) is 5.69 Å². The minimum absolute atomic E-state index is 0.634. The van der Waals surface area contributed by atoms with Crippen LogP contribution in [0.2, 0.25) is 0 Å². The molecule has 0 saturated heterocycles. The lowest BCUT2D eigenvalue weighted by Crippen LogP contribution is -2.03. The predicted octanol–water partition coefficient (Wildman–Crippen LogP) is 1.19. The van der Waals surface area contributed by atoms with Gasteiger partial charge in [-0.15, -0.1) is 0 Å². The average molecular weight is 179 g/mol. The molecule has 62 valence electrons. The maximum absolute atomic E-state index is 5.45. The summed E-state index contributed by atoms with van der Waals surface area (Å²) < 4.78 is 5.42. The van der Waals surface area contributed by atoms with E-state index in [1.165, 1.54) is 11.5 Å². The van der Waals surface area contributed by atoms with Crippen LogP contribution >= 0.6 is 11.5 Å². The Balaban J connectivity index is 2.55. The Morgan fingerprint density at radius 2 is 2.42 bits per heavy atom.